The second-order valence-corrected chi connectivity index (χ2v) is 5.16. The summed E-state index contributed by atoms with van der Waals surface area (Å²) in [6, 6.07) is 3.39. The van der Waals surface area contributed by atoms with Crippen molar-refractivity contribution in [2.45, 2.75) is 51.0 Å². The monoisotopic (exact) mass is 268 g/mol. The molecule has 0 spiro atoms. The van der Waals surface area contributed by atoms with Gasteiger partial charge in [0, 0.05) is 18.6 Å². The topological polar surface area (TPSA) is 26.3 Å². The maximum Gasteiger partial charge on any atom is 0.303 e. The Balaban J connectivity index is 2.42. The van der Waals surface area contributed by atoms with Gasteiger partial charge in [0.2, 0.25) is 0 Å². The fourth-order valence-corrected chi connectivity index (χ4v) is 2.84. The standard InChI is InChI=1S/C15H18F2O2/c1-11(18)19-15(6-4-2-3-5-7-15)12-8-13(16)10-14(17)9-12/h8-10H,2-7H2,1H3. The molecule has 2 rings (SSSR count). The molecule has 1 aliphatic carbocycles. The molecular weight excluding hydrogens is 250 g/mol. The lowest BCUT2D eigenvalue weighted by molar-refractivity contribution is -0.160. The van der Waals surface area contributed by atoms with Crippen LogP contribution >= 0.6 is 0 Å². The van der Waals surface area contributed by atoms with Crippen LogP contribution in [0, 0.1) is 11.6 Å². The minimum atomic E-state index is -0.870. The second kappa shape index (κ2) is 5.68. The zero-order valence-electron chi connectivity index (χ0n) is 11.0. The minimum Gasteiger partial charge on any atom is -0.454 e. The van der Waals surface area contributed by atoms with Crippen molar-refractivity contribution in [2.75, 3.05) is 0 Å². The molecule has 0 aromatic heterocycles. The van der Waals surface area contributed by atoms with E-state index in [0.29, 0.717) is 18.4 Å². The van der Waals surface area contributed by atoms with Crippen molar-refractivity contribution in [2.24, 2.45) is 0 Å². The van der Waals surface area contributed by atoms with Crippen LogP contribution in [0.5, 0.6) is 0 Å². The molecule has 2 nitrogen and oxygen atoms in total. The van der Waals surface area contributed by atoms with Crippen LogP contribution in [-0.2, 0) is 15.1 Å². The number of carbonyl (C=O) groups is 1. The molecule has 0 unspecified atom stereocenters. The maximum absolute atomic E-state index is 13.4. The first-order chi connectivity index (χ1) is 9.02. The maximum atomic E-state index is 13.4. The Morgan fingerprint density at radius 2 is 1.58 bits per heavy atom. The first-order valence-corrected chi connectivity index (χ1v) is 6.68. The summed E-state index contributed by atoms with van der Waals surface area (Å²) in [6.07, 6.45) is 5.14. The Bertz CT molecular complexity index is 443. The number of esters is 1. The summed E-state index contributed by atoms with van der Waals surface area (Å²) in [5, 5.41) is 0. The van der Waals surface area contributed by atoms with Crippen LogP contribution < -0.4 is 0 Å². The first-order valence-electron chi connectivity index (χ1n) is 6.68. The Hall–Kier alpha value is -1.45. The molecule has 0 atom stereocenters. The number of halogens is 2. The molecule has 0 saturated heterocycles. The molecule has 19 heavy (non-hydrogen) atoms. The van der Waals surface area contributed by atoms with E-state index in [-0.39, 0.29) is 0 Å². The van der Waals surface area contributed by atoms with Crippen molar-refractivity contribution in [3.8, 4) is 0 Å². The lowest BCUT2D eigenvalue weighted by atomic mass is 9.86. The molecular formula is C15H18F2O2. The van der Waals surface area contributed by atoms with Crippen molar-refractivity contribution >= 4 is 5.97 Å². The second-order valence-electron chi connectivity index (χ2n) is 5.16. The lowest BCUT2D eigenvalue weighted by Crippen LogP contribution is -2.31. The van der Waals surface area contributed by atoms with Gasteiger partial charge in [-0.3, -0.25) is 4.79 Å². The Kier molecular flexibility index (Phi) is 4.17. The fourth-order valence-electron chi connectivity index (χ4n) is 2.84. The van der Waals surface area contributed by atoms with Gasteiger partial charge in [-0.1, -0.05) is 12.8 Å². The number of carbonyl (C=O) groups excluding carboxylic acids is 1. The van der Waals surface area contributed by atoms with Gasteiger partial charge in [0.25, 0.3) is 0 Å². The average Bonchev–Trinajstić information content (AvgIpc) is 2.53. The van der Waals surface area contributed by atoms with Gasteiger partial charge >= 0.3 is 5.97 Å². The summed E-state index contributed by atoms with van der Waals surface area (Å²) in [6.45, 7) is 1.34. The smallest absolute Gasteiger partial charge is 0.303 e. The number of benzene rings is 1. The molecule has 0 bridgehead atoms. The van der Waals surface area contributed by atoms with Gasteiger partial charge in [0.15, 0.2) is 0 Å². The van der Waals surface area contributed by atoms with E-state index in [1.54, 1.807) is 0 Å². The predicted molar refractivity (Wildman–Crippen MR) is 67.5 cm³/mol. The molecule has 1 fully saturated rings. The van der Waals surface area contributed by atoms with Crippen molar-refractivity contribution in [1.82, 2.24) is 0 Å². The third-order valence-electron chi connectivity index (χ3n) is 3.64. The Morgan fingerprint density at radius 1 is 1.05 bits per heavy atom. The number of hydrogen-bond acceptors (Lipinski definition) is 2. The highest BCUT2D eigenvalue weighted by Gasteiger charge is 2.36. The lowest BCUT2D eigenvalue weighted by Gasteiger charge is -2.32. The molecule has 0 amide bonds. The predicted octanol–water partition coefficient (Wildman–Crippen LogP) is 4.08. The SMILES string of the molecule is CC(=O)OC1(c2cc(F)cc(F)c2)CCCCCC1. The van der Waals surface area contributed by atoms with Gasteiger partial charge in [0.1, 0.15) is 17.2 Å². The van der Waals surface area contributed by atoms with Gasteiger partial charge in [0.05, 0.1) is 0 Å². The highest BCUT2D eigenvalue weighted by Crippen LogP contribution is 2.40. The number of rotatable bonds is 2. The molecule has 1 aromatic rings. The molecule has 1 saturated carbocycles. The molecule has 0 radical (unpaired) electrons. The van der Waals surface area contributed by atoms with E-state index in [9.17, 15) is 13.6 Å². The number of ether oxygens (including phenoxy) is 1. The van der Waals surface area contributed by atoms with Crippen LogP contribution in [0.3, 0.4) is 0 Å². The molecule has 1 aliphatic rings. The van der Waals surface area contributed by atoms with Crippen molar-refractivity contribution in [3.63, 3.8) is 0 Å². The van der Waals surface area contributed by atoms with Crippen LogP contribution in [0.2, 0.25) is 0 Å². The normalized spacial score (nSPS) is 18.7. The fraction of sp³-hybridized carbons (Fsp3) is 0.533. The largest absolute Gasteiger partial charge is 0.454 e. The summed E-state index contributed by atoms with van der Waals surface area (Å²) >= 11 is 0. The molecule has 0 N–H and O–H groups in total. The van der Waals surface area contributed by atoms with Crippen LogP contribution in [-0.4, -0.2) is 5.97 Å². The van der Waals surface area contributed by atoms with Crippen LogP contribution in [0.25, 0.3) is 0 Å². The zero-order chi connectivity index (χ0) is 13.9. The van der Waals surface area contributed by atoms with E-state index in [4.69, 9.17) is 4.74 Å². The summed E-state index contributed by atoms with van der Waals surface area (Å²) in [7, 11) is 0. The van der Waals surface area contributed by atoms with Crippen LogP contribution in [0.15, 0.2) is 18.2 Å². The van der Waals surface area contributed by atoms with Crippen LogP contribution in [0.4, 0.5) is 8.78 Å². The summed E-state index contributed by atoms with van der Waals surface area (Å²) in [5.41, 5.74) is -0.437. The van der Waals surface area contributed by atoms with Gasteiger partial charge in [-0.05, 0) is 37.8 Å². The molecule has 0 heterocycles. The molecule has 0 aliphatic heterocycles. The van der Waals surface area contributed by atoms with E-state index in [2.05, 4.69) is 0 Å². The molecule has 1 aromatic carbocycles. The summed E-state index contributed by atoms with van der Waals surface area (Å²) in [4.78, 5) is 11.4. The summed E-state index contributed by atoms with van der Waals surface area (Å²) in [5.74, 6) is -1.68. The number of hydrogen-bond donors (Lipinski definition) is 0. The third kappa shape index (κ3) is 3.31. The average molecular weight is 268 g/mol. The Labute approximate surface area is 111 Å². The molecule has 4 heteroatoms. The molecule has 104 valence electrons. The third-order valence-corrected chi connectivity index (χ3v) is 3.64. The van der Waals surface area contributed by atoms with Gasteiger partial charge in [-0.25, -0.2) is 8.78 Å². The van der Waals surface area contributed by atoms with E-state index in [1.165, 1.54) is 19.1 Å². The quantitative estimate of drug-likeness (QED) is 0.597. The van der Waals surface area contributed by atoms with Gasteiger partial charge < -0.3 is 4.74 Å². The van der Waals surface area contributed by atoms with Crippen molar-refractivity contribution in [3.05, 3.63) is 35.4 Å². The minimum absolute atomic E-state index is 0.411. The van der Waals surface area contributed by atoms with Gasteiger partial charge in [-0.2, -0.15) is 0 Å². The van der Waals surface area contributed by atoms with Crippen LogP contribution in [0.1, 0.15) is 51.0 Å². The van der Waals surface area contributed by atoms with E-state index < -0.39 is 23.2 Å². The Morgan fingerprint density at radius 3 is 2.05 bits per heavy atom. The summed E-state index contributed by atoms with van der Waals surface area (Å²) < 4.78 is 32.3. The van der Waals surface area contributed by atoms with Crippen molar-refractivity contribution in [1.29, 1.82) is 0 Å². The van der Waals surface area contributed by atoms with Crippen molar-refractivity contribution < 1.29 is 18.3 Å². The first kappa shape index (κ1) is 14.0. The van der Waals surface area contributed by atoms with E-state index in [0.717, 1.165) is 31.7 Å². The zero-order valence-corrected chi connectivity index (χ0v) is 11.0. The highest BCUT2D eigenvalue weighted by molar-refractivity contribution is 5.66. The van der Waals surface area contributed by atoms with E-state index in [1.807, 2.05) is 0 Å². The van der Waals surface area contributed by atoms with Gasteiger partial charge in [-0.15, -0.1) is 0 Å². The van der Waals surface area contributed by atoms with E-state index >= 15 is 0 Å². The highest BCUT2D eigenvalue weighted by atomic mass is 19.1.